The fraction of sp³-hybridized carbons (Fsp3) is 0.938. The highest BCUT2D eigenvalue weighted by atomic mass is 16.5. The molecular weight excluding hydrogens is 252 g/mol. The Bertz CT molecular complexity index is 356. The molecule has 0 aromatic carbocycles. The molecular formula is C16H28N2O2. The van der Waals surface area contributed by atoms with Crippen molar-refractivity contribution >= 4 is 5.91 Å². The van der Waals surface area contributed by atoms with Crippen LogP contribution < -0.4 is 0 Å². The summed E-state index contributed by atoms with van der Waals surface area (Å²) in [6.07, 6.45) is 8.25. The highest BCUT2D eigenvalue weighted by Gasteiger charge is 2.45. The Morgan fingerprint density at radius 2 is 2.10 bits per heavy atom. The molecule has 0 aromatic heterocycles. The average molecular weight is 280 g/mol. The minimum atomic E-state index is 0.147. The second-order valence-corrected chi connectivity index (χ2v) is 6.86. The maximum atomic E-state index is 12.2. The van der Waals surface area contributed by atoms with E-state index in [9.17, 15) is 4.79 Å². The van der Waals surface area contributed by atoms with Gasteiger partial charge in [-0.1, -0.05) is 0 Å². The quantitative estimate of drug-likeness (QED) is 0.771. The standard InChI is InChI=1S/C16H28N2O2/c1-20-12-11-18-15(19)5-7-16(18)6-2-9-17(10-8-16)13-14-3-4-14/h14H,2-13H2,1H3/t16-/m1/s1. The van der Waals surface area contributed by atoms with Gasteiger partial charge in [-0.3, -0.25) is 4.79 Å². The molecule has 1 spiro atoms. The lowest BCUT2D eigenvalue weighted by Crippen LogP contribution is -2.47. The topological polar surface area (TPSA) is 32.8 Å². The third-order valence-corrected chi connectivity index (χ3v) is 5.42. The normalized spacial score (nSPS) is 32.0. The van der Waals surface area contributed by atoms with Crippen molar-refractivity contribution in [3.05, 3.63) is 0 Å². The second kappa shape index (κ2) is 6.02. The van der Waals surface area contributed by atoms with Gasteiger partial charge in [0.2, 0.25) is 5.91 Å². The number of carbonyl (C=O) groups excluding carboxylic acids is 1. The Hall–Kier alpha value is -0.610. The van der Waals surface area contributed by atoms with Crippen molar-refractivity contribution in [3.8, 4) is 0 Å². The molecule has 1 amide bonds. The summed E-state index contributed by atoms with van der Waals surface area (Å²) in [4.78, 5) is 17.0. The van der Waals surface area contributed by atoms with Gasteiger partial charge in [-0.05, 0) is 51.0 Å². The van der Waals surface area contributed by atoms with Crippen LogP contribution in [-0.2, 0) is 9.53 Å². The summed E-state index contributed by atoms with van der Waals surface area (Å²) in [6.45, 7) is 5.14. The lowest BCUT2D eigenvalue weighted by molar-refractivity contribution is -0.132. The third kappa shape index (κ3) is 3.01. The van der Waals surface area contributed by atoms with Crippen LogP contribution in [0, 0.1) is 5.92 Å². The van der Waals surface area contributed by atoms with Crippen LogP contribution in [0.4, 0.5) is 0 Å². The lowest BCUT2D eigenvalue weighted by atomic mass is 9.88. The highest BCUT2D eigenvalue weighted by Crippen LogP contribution is 2.39. The SMILES string of the molecule is COCCN1C(=O)CC[C@@]12CCCN(CC1CC1)CC2. The molecule has 0 radical (unpaired) electrons. The minimum absolute atomic E-state index is 0.147. The minimum Gasteiger partial charge on any atom is -0.383 e. The van der Waals surface area contributed by atoms with Crippen LogP contribution in [0.2, 0.25) is 0 Å². The fourth-order valence-electron chi connectivity index (χ4n) is 4.02. The number of nitrogens with zero attached hydrogens (tertiary/aromatic N) is 2. The van der Waals surface area contributed by atoms with E-state index in [1.807, 2.05) is 0 Å². The largest absolute Gasteiger partial charge is 0.383 e. The Labute approximate surface area is 122 Å². The molecule has 3 aliphatic rings. The average Bonchev–Trinajstić information content (AvgIpc) is 3.22. The molecule has 1 aliphatic carbocycles. The van der Waals surface area contributed by atoms with E-state index in [1.54, 1.807) is 7.11 Å². The van der Waals surface area contributed by atoms with E-state index in [1.165, 1.54) is 45.3 Å². The Balaban J connectivity index is 1.62. The predicted molar refractivity (Wildman–Crippen MR) is 78.6 cm³/mol. The molecule has 0 aromatic rings. The van der Waals surface area contributed by atoms with Gasteiger partial charge in [-0.2, -0.15) is 0 Å². The van der Waals surface area contributed by atoms with Crippen molar-refractivity contribution in [3.63, 3.8) is 0 Å². The van der Waals surface area contributed by atoms with Gasteiger partial charge >= 0.3 is 0 Å². The first-order chi connectivity index (χ1) is 9.73. The van der Waals surface area contributed by atoms with Crippen LogP contribution in [0.25, 0.3) is 0 Å². The number of hydrogen-bond donors (Lipinski definition) is 0. The number of methoxy groups -OCH3 is 1. The van der Waals surface area contributed by atoms with Gasteiger partial charge in [-0.25, -0.2) is 0 Å². The monoisotopic (exact) mass is 280 g/mol. The van der Waals surface area contributed by atoms with Crippen molar-refractivity contribution < 1.29 is 9.53 Å². The van der Waals surface area contributed by atoms with Gasteiger partial charge in [0.25, 0.3) is 0 Å². The second-order valence-electron chi connectivity index (χ2n) is 6.86. The molecule has 2 saturated heterocycles. The predicted octanol–water partition coefficient (Wildman–Crippen LogP) is 1.89. The molecule has 1 atom stereocenters. The van der Waals surface area contributed by atoms with E-state index in [0.717, 1.165) is 31.7 Å². The molecule has 0 unspecified atom stereocenters. The fourth-order valence-corrected chi connectivity index (χ4v) is 4.02. The van der Waals surface area contributed by atoms with Crippen molar-refractivity contribution in [2.24, 2.45) is 5.92 Å². The molecule has 3 rings (SSSR count). The van der Waals surface area contributed by atoms with Crippen molar-refractivity contribution in [2.75, 3.05) is 39.9 Å². The van der Waals surface area contributed by atoms with Crippen LogP contribution in [-0.4, -0.2) is 61.1 Å². The highest BCUT2D eigenvalue weighted by molar-refractivity contribution is 5.79. The van der Waals surface area contributed by atoms with E-state index in [0.29, 0.717) is 12.5 Å². The van der Waals surface area contributed by atoms with Crippen LogP contribution in [0.5, 0.6) is 0 Å². The third-order valence-electron chi connectivity index (χ3n) is 5.42. The first kappa shape index (κ1) is 14.3. The maximum absolute atomic E-state index is 12.2. The molecule has 0 N–H and O–H groups in total. The molecule has 4 heteroatoms. The summed E-state index contributed by atoms with van der Waals surface area (Å²) in [5.74, 6) is 1.32. The van der Waals surface area contributed by atoms with Crippen LogP contribution in [0.1, 0.15) is 44.9 Å². The van der Waals surface area contributed by atoms with Crippen molar-refractivity contribution in [1.82, 2.24) is 9.80 Å². The first-order valence-electron chi connectivity index (χ1n) is 8.25. The lowest BCUT2D eigenvalue weighted by Gasteiger charge is -2.38. The van der Waals surface area contributed by atoms with Gasteiger partial charge in [-0.15, -0.1) is 0 Å². The van der Waals surface area contributed by atoms with E-state index < -0.39 is 0 Å². The Kier molecular flexibility index (Phi) is 4.32. The Morgan fingerprint density at radius 1 is 1.25 bits per heavy atom. The summed E-state index contributed by atoms with van der Waals surface area (Å²) >= 11 is 0. The van der Waals surface area contributed by atoms with E-state index in [2.05, 4.69) is 9.80 Å². The smallest absolute Gasteiger partial charge is 0.223 e. The van der Waals surface area contributed by atoms with E-state index >= 15 is 0 Å². The summed E-state index contributed by atoms with van der Waals surface area (Å²) in [6, 6.07) is 0. The number of ether oxygens (including phenoxy) is 1. The van der Waals surface area contributed by atoms with Crippen LogP contribution in [0.15, 0.2) is 0 Å². The van der Waals surface area contributed by atoms with Crippen LogP contribution >= 0.6 is 0 Å². The zero-order valence-electron chi connectivity index (χ0n) is 12.8. The number of likely N-dealkylation sites (tertiary alicyclic amines) is 2. The number of amides is 1. The van der Waals surface area contributed by atoms with E-state index in [4.69, 9.17) is 4.74 Å². The molecule has 20 heavy (non-hydrogen) atoms. The molecule has 4 nitrogen and oxygen atoms in total. The van der Waals surface area contributed by atoms with Gasteiger partial charge in [0.15, 0.2) is 0 Å². The van der Waals surface area contributed by atoms with Crippen LogP contribution in [0.3, 0.4) is 0 Å². The summed E-state index contributed by atoms with van der Waals surface area (Å²) in [5, 5.41) is 0. The summed E-state index contributed by atoms with van der Waals surface area (Å²) < 4.78 is 5.20. The molecule has 0 bridgehead atoms. The summed E-state index contributed by atoms with van der Waals surface area (Å²) in [7, 11) is 1.72. The van der Waals surface area contributed by atoms with Gasteiger partial charge < -0.3 is 14.5 Å². The van der Waals surface area contributed by atoms with Gasteiger partial charge in [0.05, 0.1) is 6.61 Å². The van der Waals surface area contributed by atoms with Gasteiger partial charge in [0.1, 0.15) is 0 Å². The molecule has 114 valence electrons. The molecule has 1 saturated carbocycles. The zero-order chi connectivity index (χ0) is 14.0. The first-order valence-corrected chi connectivity index (χ1v) is 8.25. The number of hydrogen-bond acceptors (Lipinski definition) is 3. The number of rotatable bonds is 5. The zero-order valence-corrected chi connectivity index (χ0v) is 12.8. The molecule has 2 heterocycles. The summed E-state index contributed by atoms with van der Waals surface area (Å²) in [5.41, 5.74) is 0.147. The van der Waals surface area contributed by atoms with Gasteiger partial charge in [0, 0.05) is 38.7 Å². The number of carbonyl (C=O) groups is 1. The van der Waals surface area contributed by atoms with Crippen molar-refractivity contribution in [1.29, 1.82) is 0 Å². The molecule has 3 fully saturated rings. The maximum Gasteiger partial charge on any atom is 0.223 e. The van der Waals surface area contributed by atoms with Crippen molar-refractivity contribution in [2.45, 2.75) is 50.5 Å². The van der Waals surface area contributed by atoms with E-state index in [-0.39, 0.29) is 5.54 Å². The Morgan fingerprint density at radius 3 is 2.85 bits per heavy atom. The molecule has 2 aliphatic heterocycles.